The smallest absolute Gasteiger partial charge is 0.329 e. The number of benzene rings is 3. The number of hydrogen-bond acceptors (Lipinski definition) is 5. The normalized spacial score (nSPS) is 10.7. The number of amides is 3. The average Bonchev–Trinajstić information content (AvgIpc) is 2.83. The molecule has 0 fully saturated rings. The third-order valence-electron chi connectivity index (χ3n) is 5.22. The summed E-state index contributed by atoms with van der Waals surface area (Å²) in [6.45, 7) is 7.49. The van der Waals surface area contributed by atoms with Gasteiger partial charge in [0.25, 0.3) is 5.91 Å². The van der Waals surface area contributed by atoms with Crippen molar-refractivity contribution in [1.29, 1.82) is 0 Å². The lowest BCUT2D eigenvalue weighted by Crippen LogP contribution is -2.32. The van der Waals surface area contributed by atoms with E-state index in [4.69, 9.17) is 16.3 Å². The van der Waals surface area contributed by atoms with Gasteiger partial charge in [-0.3, -0.25) is 14.4 Å². The van der Waals surface area contributed by atoms with Crippen molar-refractivity contribution in [2.24, 2.45) is 5.10 Å². The third-order valence-corrected chi connectivity index (χ3v) is 5.63. The number of halogens is 1. The number of hydrazone groups is 1. The van der Waals surface area contributed by atoms with Crippen LogP contribution in [0.15, 0.2) is 59.7 Å². The molecule has 0 aliphatic carbocycles. The zero-order chi connectivity index (χ0) is 26.2. The molecule has 0 radical (unpaired) electrons. The molecule has 8 nitrogen and oxygen atoms in total. The van der Waals surface area contributed by atoms with Gasteiger partial charge in [-0.15, -0.1) is 0 Å². The molecule has 0 unspecified atom stereocenters. The molecule has 3 amide bonds. The van der Waals surface area contributed by atoms with Gasteiger partial charge in [-0.25, -0.2) is 5.43 Å². The Morgan fingerprint density at radius 3 is 2.28 bits per heavy atom. The Labute approximate surface area is 214 Å². The molecule has 0 bridgehead atoms. The summed E-state index contributed by atoms with van der Waals surface area (Å²) >= 11 is 6.04. The van der Waals surface area contributed by atoms with Crippen molar-refractivity contribution in [2.45, 2.75) is 27.7 Å². The minimum Gasteiger partial charge on any atom is -0.483 e. The van der Waals surface area contributed by atoms with E-state index in [9.17, 15) is 14.4 Å². The molecule has 0 aromatic heterocycles. The van der Waals surface area contributed by atoms with E-state index in [0.29, 0.717) is 22.0 Å². The first-order valence-electron chi connectivity index (χ1n) is 11.1. The van der Waals surface area contributed by atoms with Gasteiger partial charge in [0.2, 0.25) is 0 Å². The Morgan fingerprint density at radius 2 is 1.58 bits per heavy atom. The third kappa shape index (κ3) is 7.16. The highest BCUT2D eigenvalue weighted by Gasteiger charge is 2.14. The molecule has 36 heavy (non-hydrogen) atoms. The van der Waals surface area contributed by atoms with E-state index in [2.05, 4.69) is 21.2 Å². The fourth-order valence-electron chi connectivity index (χ4n) is 3.48. The van der Waals surface area contributed by atoms with Crippen LogP contribution in [0.2, 0.25) is 5.02 Å². The zero-order valence-corrected chi connectivity index (χ0v) is 21.2. The van der Waals surface area contributed by atoms with Crippen molar-refractivity contribution < 1.29 is 19.1 Å². The number of para-hydroxylation sites is 1. The minimum absolute atomic E-state index is 0.217. The number of carbonyl (C=O) groups excluding carboxylic acids is 3. The van der Waals surface area contributed by atoms with Gasteiger partial charge in [-0.05, 0) is 68.7 Å². The molecule has 0 heterocycles. The maximum absolute atomic E-state index is 12.5. The van der Waals surface area contributed by atoms with Crippen molar-refractivity contribution in [1.82, 2.24) is 5.43 Å². The molecule has 0 aliphatic rings. The monoisotopic (exact) mass is 506 g/mol. The van der Waals surface area contributed by atoms with Gasteiger partial charge in [-0.1, -0.05) is 47.5 Å². The lowest BCUT2D eigenvalue weighted by Gasteiger charge is -2.14. The van der Waals surface area contributed by atoms with Crippen molar-refractivity contribution in [3.8, 4) is 5.75 Å². The fraction of sp³-hybridized carbons (Fsp3) is 0.185. The number of aryl methyl sites for hydroxylation is 4. The summed E-state index contributed by atoms with van der Waals surface area (Å²) in [5.74, 6) is -1.76. The second-order valence-electron chi connectivity index (χ2n) is 8.27. The molecule has 9 heteroatoms. The van der Waals surface area contributed by atoms with Crippen LogP contribution in [0.3, 0.4) is 0 Å². The summed E-state index contributed by atoms with van der Waals surface area (Å²) in [6, 6.07) is 15.8. The first-order chi connectivity index (χ1) is 17.1. The van der Waals surface area contributed by atoms with Crippen LogP contribution in [0, 0.1) is 27.7 Å². The van der Waals surface area contributed by atoms with E-state index in [1.807, 2.05) is 39.8 Å². The van der Waals surface area contributed by atoms with E-state index in [1.54, 1.807) is 42.5 Å². The van der Waals surface area contributed by atoms with Crippen molar-refractivity contribution >= 4 is 46.9 Å². The van der Waals surface area contributed by atoms with Crippen LogP contribution in [-0.2, 0) is 14.4 Å². The molecular weight excluding hydrogens is 480 g/mol. The predicted octanol–water partition coefficient (Wildman–Crippen LogP) is 4.68. The Bertz CT molecular complexity index is 1310. The summed E-state index contributed by atoms with van der Waals surface area (Å²) in [6.07, 6.45) is 1.33. The fourth-order valence-corrected chi connectivity index (χ4v) is 3.66. The van der Waals surface area contributed by atoms with Gasteiger partial charge in [0.05, 0.1) is 6.21 Å². The molecular formula is C27H27ClN4O4. The van der Waals surface area contributed by atoms with Crippen molar-refractivity contribution in [2.75, 3.05) is 17.2 Å². The Kier molecular flexibility index (Phi) is 8.81. The van der Waals surface area contributed by atoms with Crippen molar-refractivity contribution in [3.05, 3.63) is 87.4 Å². The Hall–Kier alpha value is -4.17. The molecule has 3 rings (SSSR count). The minimum atomic E-state index is -0.954. The van der Waals surface area contributed by atoms with Crippen LogP contribution in [0.4, 0.5) is 11.4 Å². The molecule has 3 N–H and O–H groups in total. The first-order valence-corrected chi connectivity index (χ1v) is 11.5. The molecule has 0 spiro atoms. The molecule has 0 saturated carbocycles. The number of hydrogen-bond donors (Lipinski definition) is 3. The molecule has 186 valence electrons. The van der Waals surface area contributed by atoms with Crippen LogP contribution >= 0.6 is 11.6 Å². The number of nitrogens with one attached hydrogen (secondary N) is 3. The second kappa shape index (κ2) is 12.0. The maximum Gasteiger partial charge on any atom is 0.329 e. The summed E-state index contributed by atoms with van der Waals surface area (Å²) in [4.78, 5) is 36.7. The largest absolute Gasteiger partial charge is 0.483 e. The van der Waals surface area contributed by atoms with Crippen LogP contribution in [0.1, 0.15) is 27.8 Å². The average molecular weight is 507 g/mol. The standard InChI is InChI=1S/C27H27ClN4O4/c1-16-11-18(3)25(19(4)12-16)31-24(33)15-36-23-8-6-5-7-20(23)14-29-32-27(35)26(34)30-21-10-9-17(2)22(28)13-21/h5-14H,15H2,1-4H3,(H,30,34)(H,31,33)(H,32,35). The first kappa shape index (κ1) is 26.4. The van der Waals surface area contributed by atoms with Crippen LogP contribution in [0.5, 0.6) is 5.75 Å². The Balaban J connectivity index is 1.56. The van der Waals surface area contributed by atoms with E-state index in [0.717, 1.165) is 27.9 Å². The highest BCUT2D eigenvalue weighted by Crippen LogP contribution is 2.22. The van der Waals surface area contributed by atoms with Gasteiger partial charge in [0.15, 0.2) is 6.61 Å². The van der Waals surface area contributed by atoms with Gasteiger partial charge < -0.3 is 15.4 Å². The SMILES string of the molecule is Cc1cc(C)c(NC(=O)COc2ccccc2C=NNC(=O)C(=O)Nc2ccc(C)c(Cl)c2)c(C)c1. The summed E-state index contributed by atoms with van der Waals surface area (Å²) < 4.78 is 5.67. The summed E-state index contributed by atoms with van der Waals surface area (Å²) in [5.41, 5.74) is 7.75. The number of carbonyl (C=O) groups is 3. The van der Waals surface area contributed by atoms with Gasteiger partial charge in [-0.2, -0.15) is 5.10 Å². The van der Waals surface area contributed by atoms with Crippen LogP contribution < -0.4 is 20.8 Å². The zero-order valence-electron chi connectivity index (χ0n) is 20.4. The lowest BCUT2D eigenvalue weighted by atomic mass is 10.1. The Morgan fingerprint density at radius 1 is 0.889 bits per heavy atom. The highest BCUT2D eigenvalue weighted by atomic mass is 35.5. The molecule has 0 aliphatic heterocycles. The topological polar surface area (TPSA) is 109 Å². The van der Waals surface area contributed by atoms with Gasteiger partial charge in [0, 0.05) is 22.0 Å². The quantitative estimate of drug-likeness (QED) is 0.245. The maximum atomic E-state index is 12.5. The lowest BCUT2D eigenvalue weighted by molar-refractivity contribution is -0.136. The second-order valence-corrected chi connectivity index (χ2v) is 8.67. The predicted molar refractivity (Wildman–Crippen MR) is 142 cm³/mol. The van der Waals surface area contributed by atoms with Crippen LogP contribution in [-0.4, -0.2) is 30.5 Å². The number of ether oxygens (including phenoxy) is 1. The molecule has 0 saturated heterocycles. The number of rotatable bonds is 7. The molecule has 0 atom stereocenters. The van der Waals surface area contributed by atoms with Gasteiger partial charge >= 0.3 is 11.8 Å². The highest BCUT2D eigenvalue weighted by molar-refractivity contribution is 6.39. The van der Waals surface area contributed by atoms with E-state index < -0.39 is 11.8 Å². The van der Waals surface area contributed by atoms with E-state index in [1.165, 1.54) is 6.21 Å². The van der Waals surface area contributed by atoms with Gasteiger partial charge in [0.1, 0.15) is 5.75 Å². The molecule has 3 aromatic carbocycles. The number of nitrogens with zero attached hydrogens (tertiary/aromatic N) is 1. The van der Waals surface area contributed by atoms with E-state index >= 15 is 0 Å². The van der Waals surface area contributed by atoms with Crippen molar-refractivity contribution in [3.63, 3.8) is 0 Å². The summed E-state index contributed by atoms with van der Waals surface area (Å²) in [5, 5.41) is 9.64. The van der Waals surface area contributed by atoms with E-state index in [-0.39, 0.29) is 12.5 Å². The molecule has 3 aromatic rings. The number of anilines is 2. The van der Waals surface area contributed by atoms with Crippen LogP contribution in [0.25, 0.3) is 0 Å². The summed E-state index contributed by atoms with van der Waals surface area (Å²) in [7, 11) is 0.